The molecular formula is C18H26F2N2O2. The van der Waals surface area contributed by atoms with Crippen LogP contribution in [0.3, 0.4) is 0 Å². The van der Waals surface area contributed by atoms with Crippen molar-refractivity contribution in [1.82, 2.24) is 5.32 Å². The van der Waals surface area contributed by atoms with Gasteiger partial charge in [0.25, 0.3) is 0 Å². The summed E-state index contributed by atoms with van der Waals surface area (Å²) in [4.78, 5) is 24.4. The number of carbonyl (C=O) groups excluding carboxylic acids is 2. The quantitative estimate of drug-likeness (QED) is 0.801. The standard InChI is InChI=1S/C18H26F2N2O2/c1-5-22-17(24)15(18(2,3)4)14(16(21)23)7-6-11-8-12(19)10-13(20)9-11/h8-10,14-15H,5-7H2,1-4H3,(H2,21,23)(H,22,24)/t14?,15-/m1/s1. The summed E-state index contributed by atoms with van der Waals surface area (Å²) < 4.78 is 26.6. The van der Waals surface area contributed by atoms with Crippen LogP contribution in [0, 0.1) is 28.9 Å². The zero-order valence-electron chi connectivity index (χ0n) is 14.7. The van der Waals surface area contributed by atoms with E-state index in [1.165, 1.54) is 12.1 Å². The second-order valence-corrected chi connectivity index (χ2v) is 7.06. The molecule has 6 heteroatoms. The van der Waals surface area contributed by atoms with Gasteiger partial charge in [-0.1, -0.05) is 20.8 Å². The van der Waals surface area contributed by atoms with Gasteiger partial charge >= 0.3 is 0 Å². The molecule has 24 heavy (non-hydrogen) atoms. The van der Waals surface area contributed by atoms with Crippen molar-refractivity contribution in [2.75, 3.05) is 6.54 Å². The van der Waals surface area contributed by atoms with Crippen molar-refractivity contribution in [1.29, 1.82) is 0 Å². The van der Waals surface area contributed by atoms with E-state index in [0.717, 1.165) is 6.07 Å². The minimum atomic E-state index is -0.720. The third-order valence-electron chi connectivity index (χ3n) is 4.00. The van der Waals surface area contributed by atoms with E-state index in [4.69, 9.17) is 5.73 Å². The van der Waals surface area contributed by atoms with Crippen molar-refractivity contribution in [3.63, 3.8) is 0 Å². The highest BCUT2D eigenvalue weighted by Crippen LogP contribution is 2.35. The van der Waals surface area contributed by atoms with Crippen LogP contribution in [0.5, 0.6) is 0 Å². The van der Waals surface area contributed by atoms with Crippen LogP contribution in [0.4, 0.5) is 8.78 Å². The predicted octanol–water partition coefficient (Wildman–Crippen LogP) is 2.80. The average Bonchev–Trinajstić information content (AvgIpc) is 2.40. The predicted molar refractivity (Wildman–Crippen MR) is 89.0 cm³/mol. The largest absolute Gasteiger partial charge is 0.369 e. The summed E-state index contributed by atoms with van der Waals surface area (Å²) in [6, 6.07) is 3.24. The lowest BCUT2D eigenvalue weighted by molar-refractivity contribution is -0.137. The van der Waals surface area contributed by atoms with E-state index in [1.807, 2.05) is 20.8 Å². The molecule has 0 bridgehead atoms. The van der Waals surface area contributed by atoms with Gasteiger partial charge < -0.3 is 11.1 Å². The Hall–Kier alpha value is -1.98. The number of carbonyl (C=O) groups is 2. The second kappa shape index (κ2) is 8.22. The van der Waals surface area contributed by atoms with Gasteiger partial charge in [-0.2, -0.15) is 0 Å². The van der Waals surface area contributed by atoms with E-state index in [2.05, 4.69) is 5.32 Å². The number of rotatable bonds is 7. The summed E-state index contributed by atoms with van der Waals surface area (Å²) in [5, 5.41) is 2.74. The summed E-state index contributed by atoms with van der Waals surface area (Å²) >= 11 is 0. The number of halogens is 2. The molecule has 0 aliphatic rings. The van der Waals surface area contributed by atoms with Crippen LogP contribution >= 0.6 is 0 Å². The Bertz CT molecular complexity index is 577. The summed E-state index contributed by atoms with van der Waals surface area (Å²) in [5.41, 5.74) is 5.48. The lowest BCUT2D eigenvalue weighted by atomic mass is 9.70. The Kier molecular flexibility index (Phi) is 6.87. The van der Waals surface area contributed by atoms with E-state index in [9.17, 15) is 18.4 Å². The van der Waals surface area contributed by atoms with Crippen LogP contribution in [0.2, 0.25) is 0 Å². The van der Waals surface area contributed by atoms with E-state index >= 15 is 0 Å². The summed E-state index contributed by atoms with van der Waals surface area (Å²) in [7, 11) is 0. The van der Waals surface area contributed by atoms with E-state index in [1.54, 1.807) is 6.92 Å². The minimum absolute atomic E-state index is 0.237. The first-order chi connectivity index (χ1) is 11.1. The van der Waals surface area contributed by atoms with Gasteiger partial charge in [-0.3, -0.25) is 9.59 Å². The van der Waals surface area contributed by atoms with Crippen LogP contribution in [-0.2, 0) is 16.0 Å². The highest BCUT2D eigenvalue weighted by Gasteiger charge is 2.40. The molecule has 0 saturated heterocycles. The maximum absolute atomic E-state index is 13.3. The van der Waals surface area contributed by atoms with Gasteiger partial charge in [0.15, 0.2) is 0 Å². The number of nitrogens with one attached hydrogen (secondary N) is 1. The Morgan fingerprint density at radius 2 is 1.71 bits per heavy atom. The molecule has 0 aliphatic heterocycles. The number of hydrogen-bond acceptors (Lipinski definition) is 2. The van der Waals surface area contributed by atoms with Crippen LogP contribution in [0.1, 0.15) is 39.7 Å². The van der Waals surface area contributed by atoms with Crippen molar-refractivity contribution in [2.45, 2.75) is 40.5 Å². The van der Waals surface area contributed by atoms with Crippen molar-refractivity contribution < 1.29 is 18.4 Å². The lowest BCUT2D eigenvalue weighted by Gasteiger charge is -2.34. The molecule has 0 aromatic heterocycles. The topological polar surface area (TPSA) is 72.2 Å². The fourth-order valence-electron chi connectivity index (χ4n) is 3.01. The number of nitrogens with two attached hydrogens (primary N) is 1. The molecule has 2 amide bonds. The van der Waals surface area contributed by atoms with Gasteiger partial charge in [-0.05, 0) is 42.9 Å². The maximum atomic E-state index is 13.3. The zero-order valence-corrected chi connectivity index (χ0v) is 14.7. The third-order valence-corrected chi connectivity index (χ3v) is 4.00. The molecule has 3 N–H and O–H groups in total. The molecule has 0 spiro atoms. The summed E-state index contributed by atoms with van der Waals surface area (Å²) in [6.45, 7) is 7.85. The van der Waals surface area contributed by atoms with Gasteiger partial charge in [0.2, 0.25) is 11.8 Å². The maximum Gasteiger partial charge on any atom is 0.224 e. The van der Waals surface area contributed by atoms with Gasteiger partial charge in [0.05, 0.1) is 11.8 Å². The molecule has 0 aliphatic carbocycles. The van der Waals surface area contributed by atoms with Crippen LogP contribution in [0.15, 0.2) is 18.2 Å². The van der Waals surface area contributed by atoms with E-state index in [-0.39, 0.29) is 18.7 Å². The SMILES string of the molecule is CCNC(=O)[C@@H](C(CCc1cc(F)cc(F)c1)C(N)=O)C(C)(C)C. The Balaban J connectivity index is 3.02. The number of aryl methyl sites for hydroxylation is 1. The normalized spacial score (nSPS) is 14.1. The Morgan fingerprint density at radius 3 is 2.12 bits per heavy atom. The monoisotopic (exact) mass is 340 g/mol. The molecule has 1 rings (SSSR count). The minimum Gasteiger partial charge on any atom is -0.369 e. The molecule has 0 heterocycles. The molecule has 2 atom stereocenters. The van der Waals surface area contributed by atoms with Crippen molar-refractivity contribution in [2.24, 2.45) is 23.0 Å². The van der Waals surface area contributed by atoms with Crippen molar-refractivity contribution in [3.8, 4) is 0 Å². The first-order valence-corrected chi connectivity index (χ1v) is 8.08. The molecule has 1 unspecified atom stereocenters. The van der Waals surface area contributed by atoms with Crippen molar-refractivity contribution in [3.05, 3.63) is 35.4 Å². The molecule has 4 nitrogen and oxygen atoms in total. The molecule has 134 valence electrons. The number of amides is 2. The first kappa shape index (κ1) is 20.1. The number of hydrogen-bond donors (Lipinski definition) is 2. The van der Waals surface area contributed by atoms with E-state index in [0.29, 0.717) is 12.1 Å². The van der Waals surface area contributed by atoms with Crippen molar-refractivity contribution >= 4 is 11.8 Å². The highest BCUT2D eigenvalue weighted by molar-refractivity contribution is 5.87. The molecule has 1 aromatic rings. The van der Waals surface area contributed by atoms with Gasteiger partial charge in [-0.15, -0.1) is 0 Å². The molecular weight excluding hydrogens is 314 g/mol. The number of primary amides is 1. The zero-order chi connectivity index (χ0) is 18.5. The van der Waals surface area contributed by atoms with Crippen LogP contribution in [-0.4, -0.2) is 18.4 Å². The van der Waals surface area contributed by atoms with Crippen LogP contribution < -0.4 is 11.1 Å². The molecule has 1 aromatic carbocycles. The van der Waals surface area contributed by atoms with E-state index < -0.39 is 34.8 Å². The smallest absolute Gasteiger partial charge is 0.224 e. The summed E-state index contributed by atoms with van der Waals surface area (Å²) in [5.74, 6) is -3.50. The summed E-state index contributed by atoms with van der Waals surface area (Å²) in [6.07, 6.45) is 0.506. The fourth-order valence-corrected chi connectivity index (χ4v) is 3.01. The van der Waals surface area contributed by atoms with Gasteiger partial charge in [0.1, 0.15) is 11.6 Å². The highest BCUT2D eigenvalue weighted by atomic mass is 19.1. The molecule has 0 radical (unpaired) electrons. The molecule has 0 fully saturated rings. The average molecular weight is 340 g/mol. The molecule has 0 saturated carbocycles. The third kappa shape index (κ3) is 5.58. The van der Waals surface area contributed by atoms with Gasteiger partial charge in [-0.25, -0.2) is 8.78 Å². The fraction of sp³-hybridized carbons (Fsp3) is 0.556. The Morgan fingerprint density at radius 1 is 1.17 bits per heavy atom. The number of benzene rings is 1. The van der Waals surface area contributed by atoms with Gasteiger partial charge in [0, 0.05) is 12.6 Å². The first-order valence-electron chi connectivity index (χ1n) is 8.08. The Labute approximate surface area is 141 Å². The van der Waals surface area contributed by atoms with Crippen LogP contribution in [0.25, 0.3) is 0 Å². The lowest BCUT2D eigenvalue weighted by Crippen LogP contribution is -2.46. The second-order valence-electron chi connectivity index (χ2n) is 7.06.